The molecule has 0 unspecified atom stereocenters. The normalized spacial score (nSPS) is 23.4. The Kier molecular flexibility index (Phi) is 5.34. The standard InChI is InChI=1S/C21H30N4O2/c1-17-15-18-7-3-4-8-19(18)25(17)20(26)16-22-11-13-24(14-12-22)21(27)23-9-5-2-6-10-23/h3-4,7-8,17H,2,5-6,9-16H2,1H3/t17-/m1/s1. The van der Waals surface area contributed by atoms with Gasteiger partial charge in [0.05, 0.1) is 6.54 Å². The second-order valence-corrected chi connectivity index (χ2v) is 8.04. The zero-order chi connectivity index (χ0) is 18.8. The van der Waals surface area contributed by atoms with Crippen LogP contribution >= 0.6 is 0 Å². The molecule has 0 aromatic heterocycles. The van der Waals surface area contributed by atoms with E-state index in [0.29, 0.717) is 6.54 Å². The number of likely N-dealkylation sites (tertiary alicyclic amines) is 1. The van der Waals surface area contributed by atoms with E-state index in [9.17, 15) is 9.59 Å². The molecule has 3 heterocycles. The molecule has 0 aliphatic carbocycles. The number of amides is 3. The Balaban J connectivity index is 1.30. The van der Waals surface area contributed by atoms with E-state index in [2.05, 4.69) is 17.9 Å². The number of nitrogens with zero attached hydrogens (tertiary/aromatic N) is 4. The molecule has 27 heavy (non-hydrogen) atoms. The van der Waals surface area contributed by atoms with Crippen LogP contribution in [0.3, 0.4) is 0 Å². The fraction of sp³-hybridized carbons (Fsp3) is 0.619. The first-order valence-corrected chi connectivity index (χ1v) is 10.3. The number of para-hydroxylation sites is 1. The van der Waals surface area contributed by atoms with Crippen LogP contribution < -0.4 is 4.90 Å². The van der Waals surface area contributed by atoms with Crippen molar-refractivity contribution >= 4 is 17.6 Å². The Morgan fingerprint density at radius 2 is 1.59 bits per heavy atom. The molecule has 2 saturated heterocycles. The van der Waals surface area contributed by atoms with E-state index in [1.165, 1.54) is 12.0 Å². The number of piperazine rings is 1. The van der Waals surface area contributed by atoms with Crippen LogP contribution in [-0.4, -0.2) is 78.5 Å². The maximum Gasteiger partial charge on any atom is 0.320 e. The van der Waals surface area contributed by atoms with E-state index >= 15 is 0 Å². The van der Waals surface area contributed by atoms with Crippen molar-refractivity contribution in [3.8, 4) is 0 Å². The van der Waals surface area contributed by atoms with Gasteiger partial charge in [0.1, 0.15) is 0 Å². The molecule has 1 atom stereocenters. The minimum Gasteiger partial charge on any atom is -0.325 e. The monoisotopic (exact) mass is 370 g/mol. The van der Waals surface area contributed by atoms with Crippen molar-refractivity contribution < 1.29 is 9.59 Å². The van der Waals surface area contributed by atoms with Crippen molar-refractivity contribution in [2.45, 2.75) is 38.6 Å². The van der Waals surface area contributed by atoms with Crippen LogP contribution in [0.5, 0.6) is 0 Å². The topological polar surface area (TPSA) is 47.1 Å². The van der Waals surface area contributed by atoms with Gasteiger partial charge in [0, 0.05) is 51.0 Å². The minimum atomic E-state index is 0.170. The average Bonchev–Trinajstić information content (AvgIpc) is 3.04. The minimum absolute atomic E-state index is 0.170. The van der Waals surface area contributed by atoms with Gasteiger partial charge in [-0.1, -0.05) is 18.2 Å². The lowest BCUT2D eigenvalue weighted by Gasteiger charge is -2.38. The quantitative estimate of drug-likeness (QED) is 0.802. The predicted octanol–water partition coefficient (Wildman–Crippen LogP) is 2.19. The van der Waals surface area contributed by atoms with Gasteiger partial charge in [0.2, 0.25) is 5.91 Å². The first kappa shape index (κ1) is 18.3. The molecule has 4 rings (SSSR count). The highest BCUT2D eigenvalue weighted by molar-refractivity contribution is 5.97. The molecular weight excluding hydrogens is 340 g/mol. The lowest BCUT2D eigenvalue weighted by atomic mass is 10.1. The molecule has 6 heteroatoms. The second kappa shape index (κ2) is 7.89. The summed E-state index contributed by atoms with van der Waals surface area (Å²) in [6.07, 6.45) is 4.41. The largest absolute Gasteiger partial charge is 0.325 e. The van der Waals surface area contributed by atoms with Crippen molar-refractivity contribution in [1.82, 2.24) is 14.7 Å². The summed E-state index contributed by atoms with van der Waals surface area (Å²) in [5, 5.41) is 0. The lowest BCUT2D eigenvalue weighted by Crippen LogP contribution is -2.55. The molecule has 0 N–H and O–H groups in total. The summed E-state index contributed by atoms with van der Waals surface area (Å²) in [6, 6.07) is 8.61. The molecule has 0 spiro atoms. The van der Waals surface area contributed by atoms with Crippen molar-refractivity contribution in [3.05, 3.63) is 29.8 Å². The van der Waals surface area contributed by atoms with Crippen LogP contribution in [0.15, 0.2) is 24.3 Å². The van der Waals surface area contributed by atoms with E-state index in [1.54, 1.807) is 0 Å². The van der Waals surface area contributed by atoms with E-state index < -0.39 is 0 Å². The van der Waals surface area contributed by atoms with Crippen LogP contribution in [0.25, 0.3) is 0 Å². The molecule has 6 nitrogen and oxygen atoms in total. The number of rotatable bonds is 2. The van der Waals surface area contributed by atoms with Crippen LogP contribution in [0.4, 0.5) is 10.5 Å². The first-order valence-electron chi connectivity index (χ1n) is 10.3. The van der Waals surface area contributed by atoms with Gasteiger partial charge >= 0.3 is 6.03 Å². The summed E-state index contributed by atoms with van der Waals surface area (Å²) >= 11 is 0. The van der Waals surface area contributed by atoms with E-state index in [4.69, 9.17) is 0 Å². The summed E-state index contributed by atoms with van der Waals surface area (Å²) < 4.78 is 0. The maximum atomic E-state index is 12.9. The highest BCUT2D eigenvalue weighted by Crippen LogP contribution is 2.31. The summed E-state index contributed by atoms with van der Waals surface area (Å²) in [5.74, 6) is 0.170. The molecule has 2 fully saturated rings. The SMILES string of the molecule is C[C@@H]1Cc2ccccc2N1C(=O)CN1CCN(C(=O)N2CCCCC2)CC1. The summed E-state index contributed by atoms with van der Waals surface area (Å²) in [5.41, 5.74) is 2.32. The van der Waals surface area contributed by atoms with Crippen LogP contribution in [-0.2, 0) is 11.2 Å². The van der Waals surface area contributed by atoms with Crippen molar-refractivity contribution in [1.29, 1.82) is 0 Å². The number of hydrogen-bond donors (Lipinski definition) is 0. The fourth-order valence-electron chi connectivity index (χ4n) is 4.60. The Bertz CT molecular complexity index is 693. The van der Waals surface area contributed by atoms with Crippen molar-refractivity contribution in [2.24, 2.45) is 0 Å². The molecule has 3 aliphatic rings. The number of anilines is 1. The number of urea groups is 1. The van der Waals surface area contributed by atoms with Crippen LogP contribution in [0.2, 0.25) is 0 Å². The third-order valence-corrected chi connectivity index (χ3v) is 6.10. The van der Waals surface area contributed by atoms with Gasteiger partial charge in [-0.05, 0) is 44.2 Å². The van der Waals surface area contributed by atoms with Crippen LogP contribution in [0, 0.1) is 0 Å². The van der Waals surface area contributed by atoms with Gasteiger partial charge in [-0.25, -0.2) is 4.79 Å². The van der Waals surface area contributed by atoms with E-state index in [1.807, 2.05) is 32.9 Å². The Labute approximate surface area is 161 Å². The van der Waals surface area contributed by atoms with Crippen LogP contribution in [0.1, 0.15) is 31.7 Å². The predicted molar refractivity (Wildman–Crippen MR) is 106 cm³/mol. The van der Waals surface area contributed by atoms with Crippen molar-refractivity contribution in [3.63, 3.8) is 0 Å². The third-order valence-electron chi connectivity index (χ3n) is 6.10. The first-order chi connectivity index (χ1) is 13.1. The highest BCUT2D eigenvalue weighted by atomic mass is 16.2. The molecular formula is C21H30N4O2. The Morgan fingerprint density at radius 3 is 2.33 bits per heavy atom. The fourth-order valence-corrected chi connectivity index (χ4v) is 4.60. The number of carbonyl (C=O) groups is 2. The smallest absolute Gasteiger partial charge is 0.320 e. The van der Waals surface area contributed by atoms with Gasteiger partial charge in [0.25, 0.3) is 0 Å². The molecule has 3 aliphatic heterocycles. The zero-order valence-corrected chi connectivity index (χ0v) is 16.3. The summed E-state index contributed by atoms with van der Waals surface area (Å²) in [7, 11) is 0. The van der Waals surface area contributed by atoms with E-state index in [-0.39, 0.29) is 18.0 Å². The molecule has 146 valence electrons. The van der Waals surface area contributed by atoms with Gasteiger partial charge in [-0.15, -0.1) is 0 Å². The lowest BCUT2D eigenvalue weighted by molar-refractivity contribution is -0.120. The van der Waals surface area contributed by atoms with Gasteiger partial charge in [-0.2, -0.15) is 0 Å². The van der Waals surface area contributed by atoms with Crippen molar-refractivity contribution in [2.75, 3.05) is 50.7 Å². The molecule has 0 saturated carbocycles. The number of hydrogen-bond acceptors (Lipinski definition) is 3. The molecule has 3 amide bonds. The maximum absolute atomic E-state index is 12.9. The number of benzene rings is 1. The van der Waals surface area contributed by atoms with Gasteiger partial charge < -0.3 is 14.7 Å². The number of fused-ring (bicyclic) bond motifs is 1. The summed E-state index contributed by atoms with van der Waals surface area (Å²) in [4.78, 5) is 33.7. The number of piperidine rings is 1. The molecule has 1 aromatic carbocycles. The molecule has 0 bridgehead atoms. The number of carbonyl (C=O) groups excluding carboxylic acids is 2. The van der Waals surface area contributed by atoms with E-state index in [0.717, 1.165) is 64.2 Å². The molecule has 0 radical (unpaired) electrons. The second-order valence-electron chi connectivity index (χ2n) is 8.04. The summed E-state index contributed by atoms with van der Waals surface area (Å²) in [6.45, 7) is 7.32. The Hall–Kier alpha value is -2.08. The van der Waals surface area contributed by atoms with Gasteiger partial charge in [0.15, 0.2) is 0 Å². The third kappa shape index (κ3) is 3.81. The van der Waals surface area contributed by atoms with Gasteiger partial charge in [-0.3, -0.25) is 9.69 Å². The highest BCUT2D eigenvalue weighted by Gasteiger charge is 2.32. The zero-order valence-electron chi connectivity index (χ0n) is 16.3. The average molecular weight is 370 g/mol. The molecule has 1 aromatic rings. The Morgan fingerprint density at radius 1 is 0.926 bits per heavy atom.